The highest BCUT2D eigenvalue weighted by atomic mass is 32.2. The van der Waals surface area contributed by atoms with E-state index in [2.05, 4.69) is 52.7 Å². The molecule has 4 rings (SSSR count). The number of carbonyl (C=O) groups is 1. The van der Waals surface area contributed by atoms with Gasteiger partial charge in [-0.1, -0.05) is 24.8 Å². The average molecular weight is 463 g/mol. The molecule has 0 fully saturated rings. The SMILES string of the molecule is C=Cc1c(-c2ccc3c(c2NC(=O)NSc2ccn(C(C)C)n2)CCC3)ccnc1N(C)C. The molecule has 0 spiro atoms. The molecule has 33 heavy (non-hydrogen) atoms. The number of hydrogen-bond acceptors (Lipinski definition) is 5. The predicted molar refractivity (Wildman–Crippen MR) is 137 cm³/mol. The van der Waals surface area contributed by atoms with Crippen molar-refractivity contribution in [3.8, 4) is 11.1 Å². The van der Waals surface area contributed by atoms with Crippen LogP contribution in [0.15, 0.2) is 48.3 Å². The van der Waals surface area contributed by atoms with Crippen molar-refractivity contribution in [3.05, 3.63) is 59.9 Å². The lowest BCUT2D eigenvalue weighted by Gasteiger charge is -2.20. The Labute approximate surface area is 199 Å². The molecule has 3 aromatic rings. The molecule has 0 atom stereocenters. The summed E-state index contributed by atoms with van der Waals surface area (Å²) in [6.45, 7) is 8.16. The first kappa shape index (κ1) is 22.9. The smallest absolute Gasteiger partial charge is 0.329 e. The summed E-state index contributed by atoms with van der Waals surface area (Å²) in [4.78, 5) is 19.4. The van der Waals surface area contributed by atoms with Crippen LogP contribution in [0.25, 0.3) is 17.2 Å². The summed E-state index contributed by atoms with van der Waals surface area (Å²) >= 11 is 1.21. The van der Waals surface area contributed by atoms with Crippen molar-refractivity contribution in [2.24, 2.45) is 0 Å². The molecular weight excluding hydrogens is 432 g/mol. The van der Waals surface area contributed by atoms with Crippen LogP contribution in [-0.4, -0.2) is 34.9 Å². The summed E-state index contributed by atoms with van der Waals surface area (Å²) in [7, 11) is 3.93. The Kier molecular flexibility index (Phi) is 6.74. The number of nitrogens with zero attached hydrogens (tertiary/aromatic N) is 4. The number of nitrogens with one attached hydrogen (secondary N) is 2. The summed E-state index contributed by atoms with van der Waals surface area (Å²) < 4.78 is 4.75. The zero-order valence-electron chi connectivity index (χ0n) is 19.6. The maximum atomic E-state index is 12.9. The molecule has 7 nitrogen and oxygen atoms in total. The number of anilines is 2. The third-order valence-corrected chi connectivity index (χ3v) is 6.48. The van der Waals surface area contributed by atoms with Crippen molar-refractivity contribution < 1.29 is 4.79 Å². The average Bonchev–Trinajstić information content (AvgIpc) is 3.47. The van der Waals surface area contributed by atoms with Crippen molar-refractivity contribution in [3.63, 3.8) is 0 Å². The van der Waals surface area contributed by atoms with Gasteiger partial charge in [-0.2, -0.15) is 5.10 Å². The van der Waals surface area contributed by atoms with Gasteiger partial charge in [0, 0.05) is 55.6 Å². The second kappa shape index (κ2) is 9.70. The largest absolute Gasteiger partial charge is 0.362 e. The maximum Gasteiger partial charge on any atom is 0.329 e. The van der Waals surface area contributed by atoms with Gasteiger partial charge in [0.15, 0.2) is 0 Å². The summed E-state index contributed by atoms with van der Waals surface area (Å²) in [6, 6.07) is 8.15. The standard InChI is InChI=1S/C25H30N6OS/c1-6-18-20(12-14-26-24(18)30(4)5)21-11-10-17-8-7-9-19(17)23(21)27-25(32)29-33-22-13-15-31(28-22)16(2)3/h6,10-16H,1,7-9H2,2-5H3,(H2,27,29,32). The van der Waals surface area contributed by atoms with Crippen molar-refractivity contribution in [2.75, 3.05) is 24.3 Å². The minimum Gasteiger partial charge on any atom is -0.362 e. The Bertz CT molecular complexity index is 1180. The van der Waals surface area contributed by atoms with Gasteiger partial charge < -0.3 is 10.2 Å². The van der Waals surface area contributed by atoms with Gasteiger partial charge in [0.05, 0.1) is 5.69 Å². The molecule has 0 bridgehead atoms. The molecule has 0 unspecified atom stereocenters. The Hall–Kier alpha value is -3.26. The highest BCUT2D eigenvalue weighted by molar-refractivity contribution is 7.97. The van der Waals surface area contributed by atoms with Crippen LogP contribution in [0.2, 0.25) is 0 Å². The molecule has 0 saturated heterocycles. The number of aromatic nitrogens is 3. The van der Waals surface area contributed by atoms with Crippen LogP contribution in [0.1, 0.15) is 43.0 Å². The van der Waals surface area contributed by atoms with Gasteiger partial charge in [-0.05, 0) is 61.9 Å². The molecule has 172 valence electrons. The number of carbonyl (C=O) groups excluding carboxylic acids is 1. The van der Waals surface area contributed by atoms with E-state index in [1.807, 2.05) is 48.1 Å². The van der Waals surface area contributed by atoms with E-state index >= 15 is 0 Å². The van der Waals surface area contributed by atoms with Gasteiger partial charge in [0.1, 0.15) is 10.8 Å². The number of benzene rings is 1. The van der Waals surface area contributed by atoms with E-state index in [1.54, 1.807) is 6.20 Å². The van der Waals surface area contributed by atoms with Crippen LogP contribution in [0.4, 0.5) is 16.3 Å². The highest BCUT2D eigenvalue weighted by Gasteiger charge is 2.22. The van der Waals surface area contributed by atoms with Gasteiger partial charge in [-0.3, -0.25) is 9.40 Å². The molecule has 2 N–H and O–H groups in total. The molecule has 2 amide bonds. The monoisotopic (exact) mass is 462 g/mol. The molecule has 2 heterocycles. The summed E-state index contributed by atoms with van der Waals surface area (Å²) in [5, 5.41) is 8.36. The Balaban J connectivity index is 1.65. The van der Waals surface area contributed by atoms with Gasteiger partial charge in [-0.15, -0.1) is 0 Å². The molecule has 2 aromatic heterocycles. The van der Waals surface area contributed by atoms with Gasteiger partial charge in [0.25, 0.3) is 0 Å². The van der Waals surface area contributed by atoms with E-state index in [0.717, 1.165) is 52.5 Å². The fourth-order valence-corrected chi connectivity index (χ4v) is 4.70. The van der Waals surface area contributed by atoms with E-state index in [9.17, 15) is 4.79 Å². The van der Waals surface area contributed by atoms with Gasteiger partial charge >= 0.3 is 6.03 Å². The number of amides is 2. The number of aryl methyl sites for hydroxylation is 1. The molecule has 1 aliphatic carbocycles. The fourth-order valence-electron chi connectivity index (χ4n) is 4.19. The minimum atomic E-state index is -0.275. The van der Waals surface area contributed by atoms with Crippen molar-refractivity contribution in [1.82, 2.24) is 19.5 Å². The summed E-state index contributed by atoms with van der Waals surface area (Å²) in [6.07, 6.45) is 8.60. The van der Waals surface area contributed by atoms with E-state index in [0.29, 0.717) is 0 Å². The lowest BCUT2D eigenvalue weighted by atomic mass is 9.94. The first-order chi connectivity index (χ1) is 15.9. The quantitative estimate of drug-likeness (QED) is 0.450. The van der Waals surface area contributed by atoms with Crippen molar-refractivity contribution in [2.45, 2.75) is 44.2 Å². The number of urea groups is 1. The lowest BCUT2D eigenvalue weighted by molar-refractivity contribution is 0.257. The van der Waals surface area contributed by atoms with Crippen LogP contribution < -0.4 is 14.9 Å². The molecule has 8 heteroatoms. The van der Waals surface area contributed by atoms with Crippen LogP contribution in [-0.2, 0) is 12.8 Å². The second-order valence-electron chi connectivity index (χ2n) is 8.56. The molecule has 0 radical (unpaired) electrons. The van der Waals surface area contributed by atoms with Crippen molar-refractivity contribution >= 4 is 35.6 Å². The summed E-state index contributed by atoms with van der Waals surface area (Å²) in [5.74, 6) is 0.842. The van der Waals surface area contributed by atoms with Crippen LogP contribution in [0, 0.1) is 0 Å². The first-order valence-corrected chi connectivity index (χ1v) is 11.9. The number of hydrogen-bond donors (Lipinski definition) is 2. The lowest BCUT2D eigenvalue weighted by Crippen LogP contribution is -2.24. The van der Waals surface area contributed by atoms with Crippen LogP contribution >= 0.6 is 11.9 Å². The van der Waals surface area contributed by atoms with Gasteiger partial charge in [-0.25, -0.2) is 9.78 Å². The Morgan fingerprint density at radius 2 is 2.03 bits per heavy atom. The highest BCUT2D eigenvalue weighted by Crippen LogP contribution is 2.40. The Morgan fingerprint density at radius 3 is 2.73 bits per heavy atom. The Morgan fingerprint density at radius 1 is 1.21 bits per heavy atom. The predicted octanol–water partition coefficient (Wildman–Crippen LogP) is 5.55. The molecule has 1 aromatic carbocycles. The van der Waals surface area contributed by atoms with Gasteiger partial charge in [0.2, 0.25) is 0 Å². The third-order valence-electron chi connectivity index (χ3n) is 5.77. The number of rotatable bonds is 7. The molecule has 0 saturated carbocycles. The van der Waals surface area contributed by atoms with E-state index in [-0.39, 0.29) is 12.1 Å². The van der Waals surface area contributed by atoms with Crippen LogP contribution in [0.5, 0.6) is 0 Å². The molecule has 0 aliphatic heterocycles. The number of pyridine rings is 1. The van der Waals surface area contributed by atoms with E-state index < -0.39 is 0 Å². The zero-order valence-corrected chi connectivity index (χ0v) is 20.4. The minimum absolute atomic E-state index is 0.272. The third kappa shape index (κ3) is 4.75. The second-order valence-corrected chi connectivity index (χ2v) is 9.39. The summed E-state index contributed by atoms with van der Waals surface area (Å²) in [5.41, 5.74) is 6.26. The first-order valence-electron chi connectivity index (χ1n) is 11.1. The maximum absolute atomic E-state index is 12.9. The zero-order chi connectivity index (χ0) is 23.5. The number of fused-ring (bicyclic) bond motifs is 1. The normalized spacial score (nSPS) is 12.5. The molecule has 1 aliphatic rings. The fraction of sp³-hybridized carbons (Fsp3) is 0.320. The van der Waals surface area contributed by atoms with Crippen LogP contribution in [0.3, 0.4) is 0 Å². The topological polar surface area (TPSA) is 75.1 Å². The van der Waals surface area contributed by atoms with E-state index in [4.69, 9.17) is 0 Å². The van der Waals surface area contributed by atoms with Crippen molar-refractivity contribution in [1.29, 1.82) is 0 Å². The van der Waals surface area contributed by atoms with E-state index in [1.165, 1.54) is 23.1 Å². The molecular formula is C25H30N6OS.